The number of carboxylic acids is 1. The molecule has 1 atom stereocenters. The lowest BCUT2D eigenvalue weighted by molar-refractivity contribution is -0.151. The number of carboxylic acid groups (broad SMARTS) is 1. The van der Waals surface area contributed by atoms with E-state index in [1.807, 2.05) is 25.7 Å². The van der Waals surface area contributed by atoms with Crippen LogP contribution < -0.4 is 0 Å². The Kier molecular flexibility index (Phi) is 7.39. The van der Waals surface area contributed by atoms with Gasteiger partial charge in [0.15, 0.2) is 0 Å². The van der Waals surface area contributed by atoms with E-state index in [9.17, 15) is 9.90 Å². The lowest BCUT2D eigenvalue weighted by Gasteiger charge is -2.36. The molecule has 0 bridgehead atoms. The topological polar surface area (TPSA) is 40.5 Å². The molecule has 0 heterocycles. The molecule has 0 saturated heterocycles. The van der Waals surface area contributed by atoms with E-state index in [-0.39, 0.29) is 0 Å². The van der Waals surface area contributed by atoms with Crippen molar-refractivity contribution in [1.82, 2.24) is 4.90 Å². The number of hydrogen-bond donors (Lipinski definition) is 1. The van der Waals surface area contributed by atoms with Crippen molar-refractivity contribution in [1.29, 1.82) is 0 Å². The lowest BCUT2D eigenvalue weighted by atomic mass is 9.92. The maximum Gasteiger partial charge on any atom is 0.323 e. The normalized spacial score (nSPS) is 15.1. The van der Waals surface area contributed by atoms with E-state index in [1.54, 1.807) is 0 Å². The van der Waals surface area contributed by atoms with Crippen LogP contribution in [-0.4, -0.2) is 34.6 Å². The average Bonchev–Trinajstić information content (AvgIpc) is 2.26. The molecule has 0 fully saturated rings. The third-order valence-corrected chi connectivity index (χ3v) is 3.44. The molecule has 0 aliphatic rings. The predicted molar refractivity (Wildman–Crippen MR) is 67.7 cm³/mol. The van der Waals surface area contributed by atoms with Gasteiger partial charge in [0.2, 0.25) is 0 Å². The van der Waals surface area contributed by atoms with Gasteiger partial charge in [-0.15, -0.1) is 0 Å². The molecule has 0 aliphatic heterocycles. The quantitative estimate of drug-likeness (QED) is 0.617. The van der Waals surface area contributed by atoms with E-state index < -0.39 is 11.5 Å². The maximum absolute atomic E-state index is 11.4. The summed E-state index contributed by atoms with van der Waals surface area (Å²) in [7, 11) is 0. The summed E-state index contributed by atoms with van der Waals surface area (Å²) in [6.07, 6.45) is 5.29. The highest BCUT2D eigenvalue weighted by Crippen LogP contribution is 2.23. The molecular weight excluding hydrogens is 202 g/mol. The first-order valence-electron chi connectivity index (χ1n) is 6.51. The van der Waals surface area contributed by atoms with Crippen molar-refractivity contribution in [2.75, 3.05) is 13.1 Å². The van der Waals surface area contributed by atoms with E-state index in [0.717, 1.165) is 32.4 Å². The van der Waals surface area contributed by atoms with Gasteiger partial charge < -0.3 is 5.11 Å². The van der Waals surface area contributed by atoms with E-state index in [1.165, 1.54) is 12.8 Å². The molecule has 0 aromatic carbocycles. The maximum atomic E-state index is 11.4. The van der Waals surface area contributed by atoms with Gasteiger partial charge >= 0.3 is 5.97 Å². The third kappa shape index (κ3) is 4.12. The van der Waals surface area contributed by atoms with Crippen molar-refractivity contribution < 1.29 is 9.90 Å². The Morgan fingerprint density at radius 2 is 1.69 bits per heavy atom. The van der Waals surface area contributed by atoms with Crippen molar-refractivity contribution in [3.8, 4) is 0 Å². The first-order valence-corrected chi connectivity index (χ1v) is 6.51. The summed E-state index contributed by atoms with van der Waals surface area (Å²) >= 11 is 0. The summed E-state index contributed by atoms with van der Waals surface area (Å²) in [5.74, 6) is -0.687. The molecule has 16 heavy (non-hydrogen) atoms. The van der Waals surface area contributed by atoms with Gasteiger partial charge in [0.1, 0.15) is 5.54 Å². The van der Waals surface area contributed by atoms with E-state index in [0.29, 0.717) is 0 Å². The molecule has 0 rings (SSSR count). The smallest absolute Gasteiger partial charge is 0.323 e. The first-order chi connectivity index (χ1) is 7.52. The van der Waals surface area contributed by atoms with Gasteiger partial charge in [-0.2, -0.15) is 0 Å². The number of carbonyl (C=O) groups is 1. The predicted octanol–water partition coefficient (Wildman–Crippen LogP) is 3.14. The van der Waals surface area contributed by atoms with Crippen molar-refractivity contribution in [3.05, 3.63) is 0 Å². The van der Waals surface area contributed by atoms with Crippen LogP contribution >= 0.6 is 0 Å². The van der Waals surface area contributed by atoms with E-state index >= 15 is 0 Å². The van der Waals surface area contributed by atoms with Gasteiger partial charge in [-0.1, -0.05) is 46.5 Å². The highest BCUT2D eigenvalue weighted by atomic mass is 16.4. The first kappa shape index (κ1) is 15.4. The van der Waals surface area contributed by atoms with Crippen LogP contribution in [-0.2, 0) is 4.79 Å². The van der Waals surface area contributed by atoms with Crippen LogP contribution in [0.4, 0.5) is 0 Å². The zero-order valence-electron chi connectivity index (χ0n) is 11.3. The Labute approximate surface area is 99.8 Å². The summed E-state index contributed by atoms with van der Waals surface area (Å²) in [5, 5.41) is 9.38. The number of hydrogen-bond acceptors (Lipinski definition) is 2. The van der Waals surface area contributed by atoms with Gasteiger partial charge in [-0.25, -0.2) is 0 Å². The molecule has 3 nitrogen and oxygen atoms in total. The molecule has 1 unspecified atom stereocenters. The fourth-order valence-corrected chi connectivity index (χ4v) is 2.22. The van der Waals surface area contributed by atoms with Crippen LogP contribution in [0.2, 0.25) is 0 Å². The van der Waals surface area contributed by atoms with Gasteiger partial charge in [-0.3, -0.25) is 9.69 Å². The van der Waals surface area contributed by atoms with Gasteiger partial charge in [0.05, 0.1) is 0 Å². The summed E-state index contributed by atoms with van der Waals surface area (Å²) in [4.78, 5) is 13.4. The van der Waals surface area contributed by atoms with Gasteiger partial charge in [-0.05, 0) is 26.4 Å². The second kappa shape index (κ2) is 7.66. The molecule has 3 heteroatoms. The van der Waals surface area contributed by atoms with Crippen LogP contribution in [0, 0.1) is 0 Å². The summed E-state index contributed by atoms with van der Waals surface area (Å²) < 4.78 is 0. The zero-order chi connectivity index (χ0) is 12.6. The van der Waals surface area contributed by atoms with Crippen molar-refractivity contribution in [2.24, 2.45) is 0 Å². The Morgan fingerprint density at radius 3 is 2.06 bits per heavy atom. The van der Waals surface area contributed by atoms with Crippen LogP contribution in [0.15, 0.2) is 0 Å². The minimum Gasteiger partial charge on any atom is -0.480 e. The van der Waals surface area contributed by atoms with E-state index in [4.69, 9.17) is 0 Å². The molecule has 0 spiro atoms. The Bertz CT molecular complexity index is 202. The van der Waals surface area contributed by atoms with Crippen LogP contribution in [0.25, 0.3) is 0 Å². The summed E-state index contributed by atoms with van der Waals surface area (Å²) in [5.41, 5.74) is -0.683. The molecule has 0 aromatic rings. The summed E-state index contributed by atoms with van der Waals surface area (Å²) in [6, 6.07) is 0. The van der Waals surface area contributed by atoms with Crippen LogP contribution in [0.3, 0.4) is 0 Å². The monoisotopic (exact) mass is 229 g/mol. The molecule has 0 amide bonds. The largest absolute Gasteiger partial charge is 0.480 e. The zero-order valence-corrected chi connectivity index (χ0v) is 11.3. The molecule has 1 N–H and O–H groups in total. The SMILES string of the molecule is CCCCCCC(C)(C(=O)O)N(CC)CC. The summed E-state index contributed by atoms with van der Waals surface area (Å²) in [6.45, 7) is 9.67. The fraction of sp³-hybridized carbons (Fsp3) is 0.923. The Hall–Kier alpha value is -0.570. The molecule has 96 valence electrons. The highest BCUT2D eigenvalue weighted by Gasteiger charge is 2.37. The molecular formula is C13H27NO2. The molecule has 0 aromatic heterocycles. The van der Waals surface area contributed by atoms with Crippen molar-refractivity contribution >= 4 is 5.97 Å². The van der Waals surface area contributed by atoms with Crippen molar-refractivity contribution in [2.45, 2.75) is 65.3 Å². The highest BCUT2D eigenvalue weighted by molar-refractivity contribution is 5.78. The minimum atomic E-state index is -0.687. The number of rotatable bonds is 9. The number of nitrogens with zero attached hydrogens (tertiary/aromatic N) is 1. The fourth-order valence-electron chi connectivity index (χ4n) is 2.22. The number of likely N-dealkylation sites (N-methyl/N-ethyl adjacent to an activating group) is 1. The molecule has 0 aliphatic carbocycles. The average molecular weight is 229 g/mol. The van der Waals surface area contributed by atoms with Crippen molar-refractivity contribution in [3.63, 3.8) is 0 Å². The van der Waals surface area contributed by atoms with E-state index in [2.05, 4.69) is 6.92 Å². The standard InChI is InChI=1S/C13H27NO2/c1-5-8-9-10-11-13(4,12(15)16)14(6-2)7-3/h5-11H2,1-4H3,(H,15,16). The Morgan fingerprint density at radius 1 is 1.12 bits per heavy atom. The number of unbranched alkanes of at least 4 members (excludes halogenated alkanes) is 3. The second-order valence-corrected chi connectivity index (χ2v) is 4.56. The van der Waals surface area contributed by atoms with Gasteiger partial charge in [0, 0.05) is 0 Å². The Balaban J connectivity index is 4.38. The minimum absolute atomic E-state index is 0.683. The van der Waals surface area contributed by atoms with Crippen LogP contribution in [0.1, 0.15) is 59.8 Å². The molecule has 0 radical (unpaired) electrons. The third-order valence-electron chi connectivity index (χ3n) is 3.44. The van der Waals surface area contributed by atoms with Crippen LogP contribution in [0.5, 0.6) is 0 Å². The lowest BCUT2D eigenvalue weighted by Crippen LogP contribution is -2.52. The number of aliphatic carboxylic acids is 1. The second-order valence-electron chi connectivity index (χ2n) is 4.56. The molecule has 0 saturated carbocycles. The van der Waals surface area contributed by atoms with Gasteiger partial charge in [0.25, 0.3) is 0 Å².